The Hall–Kier alpha value is -3.13. The molecule has 168 valence electrons. The fraction of sp³-hybridized carbons (Fsp3) is 0.261. The first-order valence-corrected chi connectivity index (χ1v) is 10.3. The van der Waals surface area contributed by atoms with Gasteiger partial charge in [-0.3, -0.25) is 4.79 Å². The Morgan fingerprint density at radius 1 is 1.03 bits per heavy atom. The summed E-state index contributed by atoms with van der Waals surface area (Å²) in [6.45, 7) is 1.76. The van der Waals surface area contributed by atoms with Crippen LogP contribution in [0.1, 0.15) is 23.1 Å². The van der Waals surface area contributed by atoms with Gasteiger partial charge in [0.05, 0.1) is 12.8 Å². The highest BCUT2D eigenvalue weighted by molar-refractivity contribution is 6.29. The van der Waals surface area contributed by atoms with E-state index >= 15 is 0 Å². The zero-order valence-electron chi connectivity index (χ0n) is 17.4. The second-order valence-electron chi connectivity index (χ2n) is 7.36. The van der Waals surface area contributed by atoms with E-state index in [1.807, 2.05) is 37.3 Å². The summed E-state index contributed by atoms with van der Waals surface area (Å²) in [6, 6.07) is 17.9. The summed E-state index contributed by atoms with van der Waals surface area (Å²) in [6.07, 6.45) is -5.25. The predicted molar refractivity (Wildman–Crippen MR) is 119 cm³/mol. The highest BCUT2D eigenvalue weighted by Crippen LogP contribution is 2.24. The van der Waals surface area contributed by atoms with E-state index in [2.05, 4.69) is 15.3 Å². The first kappa shape index (κ1) is 23.5. The Morgan fingerprint density at radius 3 is 2.38 bits per heavy atom. The zero-order valence-corrected chi connectivity index (χ0v) is 18.1. The molecule has 5 nitrogen and oxygen atoms in total. The number of nitrogens with zero attached hydrogens (tertiary/aromatic N) is 3. The van der Waals surface area contributed by atoms with Gasteiger partial charge in [0, 0.05) is 19.2 Å². The number of amides is 1. The fourth-order valence-corrected chi connectivity index (χ4v) is 3.18. The van der Waals surface area contributed by atoms with Crippen molar-refractivity contribution in [2.75, 3.05) is 16.8 Å². The van der Waals surface area contributed by atoms with Gasteiger partial charge in [-0.2, -0.15) is 18.2 Å². The summed E-state index contributed by atoms with van der Waals surface area (Å²) in [5.41, 5.74) is 2.70. The van der Waals surface area contributed by atoms with Crippen molar-refractivity contribution >= 4 is 29.3 Å². The van der Waals surface area contributed by atoms with Crippen molar-refractivity contribution in [1.29, 1.82) is 0 Å². The Bertz CT molecular complexity index is 1040. The predicted octanol–water partition coefficient (Wildman–Crippen LogP) is 5.58. The molecule has 0 spiro atoms. The maximum atomic E-state index is 12.9. The molecule has 0 aliphatic carbocycles. The van der Waals surface area contributed by atoms with Crippen LogP contribution in [0.2, 0.25) is 5.15 Å². The van der Waals surface area contributed by atoms with E-state index < -0.39 is 12.6 Å². The third-order valence-corrected chi connectivity index (χ3v) is 4.79. The molecular weight excluding hydrogens is 441 g/mol. The molecule has 32 heavy (non-hydrogen) atoms. The van der Waals surface area contributed by atoms with Gasteiger partial charge < -0.3 is 10.2 Å². The van der Waals surface area contributed by atoms with Crippen molar-refractivity contribution in [2.45, 2.75) is 32.5 Å². The fourth-order valence-electron chi connectivity index (χ4n) is 3.00. The largest absolute Gasteiger partial charge is 0.390 e. The van der Waals surface area contributed by atoms with Crippen molar-refractivity contribution in [3.63, 3.8) is 0 Å². The monoisotopic (exact) mass is 462 g/mol. The number of nitrogens with one attached hydrogen (secondary N) is 1. The van der Waals surface area contributed by atoms with Gasteiger partial charge in [0.25, 0.3) is 0 Å². The minimum absolute atomic E-state index is 0.0104. The molecule has 0 fully saturated rings. The summed E-state index contributed by atoms with van der Waals surface area (Å²) in [5.74, 6) is -0.183. The van der Waals surface area contributed by atoms with E-state index in [4.69, 9.17) is 11.6 Å². The smallest absolute Gasteiger partial charge is 0.336 e. The van der Waals surface area contributed by atoms with Gasteiger partial charge in [-0.15, -0.1) is 0 Å². The lowest BCUT2D eigenvalue weighted by atomic mass is 10.1. The maximum absolute atomic E-state index is 12.9. The number of carbonyl (C=O) groups excluding carboxylic acids is 1. The topological polar surface area (TPSA) is 58.1 Å². The van der Waals surface area contributed by atoms with Crippen LogP contribution in [0.4, 0.5) is 24.9 Å². The third-order valence-electron chi connectivity index (χ3n) is 4.60. The minimum Gasteiger partial charge on any atom is -0.336 e. The molecule has 3 rings (SSSR count). The van der Waals surface area contributed by atoms with E-state index in [0.29, 0.717) is 0 Å². The van der Waals surface area contributed by atoms with E-state index in [9.17, 15) is 18.0 Å². The van der Waals surface area contributed by atoms with Crippen LogP contribution in [0, 0.1) is 6.92 Å². The molecule has 0 radical (unpaired) electrons. The molecule has 3 aromatic rings. The second kappa shape index (κ2) is 10.5. The van der Waals surface area contributed by atoms with Gasteiger partial charge in [-0.05, 0) is 18.1 Å². The van der Waals surface area contributed by atoms with Crippen LogP contribution >= 0.6 is 11.6 Å². The van der Waals surface area contributed by atoms with Gasteiger partial charge in [-0.1, -0.05) is 71.8 Å². The molecule has 0 bridgehead atoms. The maximum Gasteiger partial charge on any atom is 0.390 e. The molecule has 0 aliphatic rings. The highest BCUT2D eigenvalue weighted by atomic mass is 35.5. The Morgan fingerprint density at radius 2 is 1.72 bits per heavy atom. The van der Waals surface area contributed by atoms with Crippen molar-refractivity contribution in [3.8, 4) is 0 Å². The average Bonchev–Trinajstić information content (AvgIpc) is 2.72. The molecule has 2 aromatic carbocycles. The summed E-state index contributed by atoms with van der Waals surface area (Å²) in [5, 5.41) is 2.67. The summed E-state index contributed by atoms with van der Waals surface area (Å²) in [4.78, 5) is 22.2. The number of carbonyl (C=O) groups is 1. The van der Waals surface area contributed by atoms with Gasteiger partial charge in [0.2, 0.25) is 11.9 Å². The van der Waals surface area contributed by atoms with Crippen molar-refractivity contribution in [1.82, 2.24) is 9.97 Å². The standard InChI is InChI=1S/C23H22ClF3N4O/c1-16-7-9-17(10-8-16)13-21(32)29-20-14-19(24)28-22(30-20)31(12-11-23(25,26)27)15-18-5-3-2-4-6-18/h2-10,14H,11-13,15H2,1H3,(H,28,29,30,32). The lowest BCUT2D eigenvalue weighted by molar-refractivity contribution is -0.132. The van der Waals surface area contributed by atoms with Crippen LogP contribution in [0.15, 0.2) is 60.7 Å². The summed E-state index contributed by atoms with van der Waals surface area (Å²) >= 11 is 6.10. The average molecular weight is 463 g/mol. The molecule has 0 atom stereocenters. The molecule has 0 saturated heterocycles. The SMILES string of the molecule is Cc1ccc(CC(=O)Nc2cc(Cl)nc(N(CCC(F)(F)F)Cc3ccccc3)n2)cc1. The molecule has 0 saturated carbocycles. The zero-order chi connectivity index (χ0) is 23.1. The number of hydrogen-bond acceptors (Lipinski definition) is 4. The van der Waals surface area contributed by atoms with Crippen molar-refractivity contribution in [3.05, 3.63) is 82.5 Å². The van der Waals surface area contributed by atoms with Crippen LogP contribution < -0.4 is 10.2 Å². The van der Waals surface area contributed by atoms with E-state index in [1.54, 1.807) is 24.3 Å². The number of hydrogen-bond donors (Lipinski definition) is 1. The number of aryl methyl sites for hydroxylation is 1. The molecule has 1 N–H and O–H groups in total. The number of anilines is 2. The van der Waals surface area contributed by atoms with Crippen LogP contribution in [0.3, 0.4) is 0 Å². The van der Waals surface area contributed by atoms with Crippen molar-refractivity contribution < 1.29 is 18.0 Å². The molecule has 9 heteroatoms. The molecule has 1 aromatic heterocycles. The van der Waals surface area contributed by atoms with Crippen LogP contribution in [-0.4, -0.2) is 28.6 Å². The summed E-state index contributed by atoms with van der Waals surface area (Å²) in [7, 11) is 0. The Balaban J connectivity index is 1.78. The third kappa shape index (κ3) is 7.53. The van der Waals surface area contributed by atoms with E-state index in [-0.39, 0.29) is 42.3 Å². The van der Waals surface area contributed by atoms with Crippen LogP contribution in [0.5, 0.6) is 0 Å². The minimum atomic E-state index is -4.33. The molecule has 0 unspecified atom stereocenters. The summed E-state index contributed by atoms with van der Waals surface area (Å²) < 4.78 is 38.6. The van der Waals surface area contributed by atoms with Gasteiger partial charge in [0.15, 0.2) is 0 Å². The molecule has 1 amide bonds. The van der Waals surface area contributed by atoms with Crippen LogP contribution in [0.25, 0.3) is 0 Å². The van der Waals surface area contributed by atoms with E-state index in [0.717, 1.165) is 16.7 Å². The quantitative estimate of drug-likeness (QED) is 0.444. The highest BCUT2D eigenvalue weighted by Gasteiger charge is 2.28. The number of benzene rings is 2. The van der Waals surface area contributed by atoms with Crippen LogP contribution in [-0.2, 0) is 17.8 Å². The Labute approximate surface area is 189 Å². The Kier molecular flexibility index (Phi) is 7.69. The molecular formula is C23H22ClF3N4O. The molecule has 0 aliphatic heterocycles. The number of rotatable bonds is 8. The second-order valence-corrected chi connectivity index (χ2v) is 7.75. The first-order valence-electron chi connectivity index (χ1n) is 9.93. The number of aromatic nitrogens is 2. The normalized spacial score (nSPS) is 11.3. The number of halogens is 4. The van der Waals surface area contributed by atoms with Gasteiger partial charge in [-0.25, -0.2) is 4.98 Å². The van der Waals surface area contributed by atoms with E-state index in [1.165, 1.54) is 11.0 Å². The van der Waals surface area contributed by atoms with Gasteiger partial charge >= 0.3 is 6.18 Å². The van der Waals surface area contributed by atoms with Crippen molar-refractivity contribution in [2.24, 2.45) is 0 Å². The lowest BCUT2D eigenvalue weighted by Gasteiger charge is -2.24. The lowest BCUT2D eigenvalue weighted by Crippen LogP contribution is -2.29. The van der Waals surface area contributed by atoms with Gasteiger partial charge in [0.1, 0.15) is 11.0 Å². The first-order chi connectivity index (χ1) is 15.2. The number of alkyl halides is 3. The molecule has 1 heterocycles.